The summed E-state index contributed by atoms with van der Waals surface area (Å²) in [7, 11) is 0. The average Bonchev–Trinajstić information content (AvgIpc) is 2.29. The first kappa shape index (κ1) is 12.9. The third-order valence-corrected chi connectivity index (χ3v) is 3.53. The number of aromatic nitrogens is 1. The summed E-state index contributed by atoms with van der Waals surface area (Å²) in [5.41, 5.74) is -1.80. The Morgan fingerprint density at radius 3 is 2.44 bits per heavy atom. The molecule has 2 aromatic rings. The fourth-order valence-electron chi connectivity index (χ4n) is 1.51. The van der Waals surface area contributed by atoms with Crippen molar-refractivity contribution in [1.29, 1.82) is 0 Å². The van der Waals surface area contributed by atoms with Crippen LogP contribution in [0.4, 0.5) is 5.69 Å². The average molecular weight is 309 g/mol. The largest absolute Gasteiger partial charge is 0.498 e. The molecule has 2 N–H and O–H groups in total. The number of nitrogens with one attached hydrogen (secondary N) is 1. The van der Waals surface area contributed by atoms with Crippen LogP contribution in [0, 0.1) is 10.1 Å². The Bertz CT molecular complexity index is 741. The highest BCUT2D eigenvalue weighted by Crippen LogP contribution is 2.41. The predicted molar refractivity (Wildman–Crippen MR) is 67.9 cm³/mol. The third kappa shape index (κ3) is 1.78. The molecule has 9 heteroatoms. The lowest BCUT2D eigenvalue weighted by Gasteiger charge is -2.06. The lowest BCUT2D eigenvalue weighted by atomic mass is 10.1. The van der Waals surface area contributed by atoms with E-state index in [0.717, 1.165) is 0 Å². The molecular formula is C9H3Cl3N2O4. The van der Waals surface area contributed by atoms with E-state index in [9.17, 15) is 20.0 Å². The molecule has 0 aliphatic rings. The number of rotatable bonds is 1. The van der Waals surface area contributed by atoms with Crippen molar-refractivity contribution in [3.63, 3.8) is 0 Å². The molecule has 94 valence electrons. The van der Waals surface area contributed by atoms with Gasteiger partial charge in [-0.3, -0.25) is 14.9 Å². The summed E-state index contributed by atoms with van der Waals surface area (Å²) >= 11 is 17.4. The van der Waals surface area contributed by atoms with Crippen molar-refractivity contribution in [2.24, 2.45) is 0 Å². The number of benzene rings is 1. The molecule has 1 aromatic carbocycles. The van der Waals surface area contributed by atoms with Gasteiger partial charge >= 0.3 is 5.69 Å². The van der Waals surface area contributed by atoms with E-state index >= 15 is 0 Å². The molecule has 2 rings (SSSR count). The molecule has 0 aliphatic carbocycles. The SMILES string of the molecule is O=c1[nH]c2cc(Cl)c(Cl)c(Cl)c2c([N+](=O)[O-])c1O. The zero-order valence-electron chi connectivity index (χ0n) is 8.33. The van der Waals surface area contributed by atoms with Crippen LogP contribution in [0.25, 0.3) is 10.9 Å². The quantitative estimate of drug-likeness (QED) is 0.480. The standard InChI is InChI=1S/C9H3Cl3N2O4/c10-2-1-3-4(6(12)5(2)11)7(14(17)18)8(15)9(16)13-3/h1,15H,(H,13,16). The van der Waals surface area contributed by atoms with Crippen LogP contribution in [0.1, 0.15) is 0 Å². The van der Waals surface area contributed by atoms with Gasteiger partial charge in [-0.1, -0.05) is 34.8 Å². The van der Waals surface area contributed by atoms with Crippen LogP contribution >= 0.6 is 34.8 Å². The molecule has 0 fully saturated rings. The van der Waals surface area contributed by atoms with E-state index in [2.05, 4.69) is 4.98 Å². The van der Waals surface area contributed by atoms with E-state index < -0.39 is 21.9 Å². The predicted octanol–water partition coefficient (Wildman–Crippen LogP) is 3.10. The number of nitro groups is 1. The van der Waals surface area contributed by atoms with Gasteiger partial charge in [0.15, 0.2) is 0 Å². The van der Waals surface area contributed by atoms with Gasteiger partial charge in [0.1, 0.15) is 5.39 Å². The van der Waals surface area contributed by atoms with Crippen LogP contribution in [0.3, 0.4) is 0 Å². The van der Waals surface area contributed by atoms with Crippen LogP contribution in [0.5, 0.6) is 5.75 Å². The molecule has 0 saturated carbocycles. The summed E-state index contributed by atoms with van der Waals surface area (Å²) in [6.07, 6.45) is 0. The van der Waals surface area contributed by atoms with E-state index in [1.807, 2.05) is 0 Å². The lowest BCUT2D eigenvalue weighted by molar-refractivity contribution is -0.384. The summed E-state index contributed by atoms with van der Waals surface area (Å²) in [6.45, 7) is 0. The fourth-order valence-corrected chi connectivity index (χ4v) is 2.20. The molecule has 6 nitrogen and oxygen atoms in total. The maximum absolute atomic E-state index is 11.3. The van der Waals surface area contributed by atoms with Crippen LogP contribution < -0.4 is 5.56 Å². The molecular weight excluding hydrogens is 306 g/mol. The first-order chi connectivity index (χ1) is 8.34. The number of hydrogen-bond acceptors (Lipinski definition) is 4. The highest BCUT2D eigenvalue weighted by Gasteiger charge is 2.26. The lowest BCUT2D eigenvalue weighted by Crippen LogP contribution is -2.08. The Hall–Kier alpha value is -1.50. The number of hydrogen-bond donors (Lipinski definition) is 2. The van der Waals surface area contributed by atoms with Crippen LogP contribution in [0.15, 0.2) is 10.9 Å². The van der Waals surface area contributed by atoms with Crippen LogP contribution in [0.2, 0.25) is 15.1 Å². The molecule has 0 spiro atoms. The molecule has 18 heavy (non-hydrogen) atoms. The van der Waals surface area contributed by atoms with E-state index in [-0.39, 0.29) is 26.0 Å². The third-order valence-electron chi connectivity index (χ3n) is 2.27. The van der Waals surface area contributed by atoms with Gasteiger partial charge in [-0.2, -0.15) is 0 Å². The summed E-state index contributed by atoms with van der Waals surface area (Å²) < 4.78 is 0. The second-order valence-corrected chi connectivity index (χ2v) is 4.48. The topological polar surface area (TPSA) is 96.2 Å². The van der Waals surface area contributed by atoms with Gasteiger partial charge in [-0.05, 0) is 6.07 Å². The monoisotopic (exact) mass is 308 g/mol. The zero-order chi connectivity index (χ0) is 13.6. The minimum absolute atomic E-state index is 0.0175. The Morgan fingerprint density at radius 2 is 1.89 bits per heavy atom. The number of aromatic hydroxyl groups is 1. The normalized spacial score (nSPS) is 10.8. The van der Waals surface area contributed by atoms with Crippen molar-refractivity contribution < 1.29 is 10.0 Å². The number of nitrogens with zero attached hydrogens (tertiary/aromatic N) is 1. The van der Waals surface area contributed by atoms with E-state index in [1.165, 1.54) is 6.07 Å². The number of halogens is 3. The summed E-state index contributed by atoms with van der Waals surface area (Å²) in [5, 5.41) is 19.9. The molecule has 1 heterocycles. The van der Waals surface area contributed by atoms with Crippen molar-refractivity contribution >= 4 is 51.4 Å². The van der Waals surface area contributed by atoms with Crippen molar-refractivity contribution in [3.8, 4) is 5.75 Å². The van der Waals surface area contributed by atoms with Gasteiger partial charge in [0.25, 0.3) is 11.3 Å². The molecule has 1 aromatic heterocycles. The van der Waals surface area contributed by atoms with Crippen molar-refractivity contribution in [2.75, 3.05) is 0 Å². The van der Waals surface area contributed by atoms with Gasteiger partial charge in [-0.15, -0.1) is 0 Å². The van der Waals surface area contributed by atoms with Gasteiger partial charge < -0.3 is 10.1 Å². The van der Waals surface area contributed by atoms with Gasteiger partial charge in [0.05, 0.1) is 25.5 Å². The number of fused-ring (bicyclic) bond motifs is 1. The van der Waals surface area contributed by atoms with Crippen LogP contribution in [-0.4, -0.2) is 15.0 Å². The first-order valence-corrected chi connectivity index (χ1v) is 5.54. The molecule has 0 amide bonds. The number of H-pyrrole nitrogens is 1. The molecule has 0 saturated heterocycles. The fraction of sp³-hybridized carbons (Fsp3) is 0. The van der Waals surface area contributed by atoms with Gasteiger partial charge in [0, 0.05) is 0 Å². The van der Waals surface area contributed by atoms with Gasteiger partial charge in [-0.25, -0.2) is 0 Å². The Balaban J connectivity index is 3.14. The summed E-state index contributed by atoms with van der Waals surface area (Å²) in [6, 6.07) is 1.22. The van der Waals surface area contributed by atoms with E-state index in [1.54, 1.807) is 0 Å². The highest BCUT2D eigenvalue weighted by molar-refractivity contribution is 6.50. The number of aromatic amines is 1. The summed E-state index contributed by atoms with van der Waals surface area (Å²) in [5.74, 6) is -1.03. The second kappa shape index (κ2) is 4.31. The Kier molecular flexibility index (Phi) is 3.10. The minimum atomic E-state index is -1.03. The zero-order valence-corrected chi connectivity index (χ0v) is 10.6. The van der Waals surface area contributed by atoms with Gasteiger partial charge in [0.2, 0.25) is 0 Å². The first-order valence-electron chi connectivity index (χ1n) is 4.41. The molecule has 0 bridgehead atoms. The minimum Gasteiger partial charge on any atom is -0.498 e. The highest BCUT2D eigenvalue weighted by atomic mass is 35.5. The Labute approximate surface area is 114 Å². The summed E-state index contributed by atoms with van der Waals surface area (Å²) in [4.78, 5) is 23.5. The van der Waals surface area contributed by atoms with Crippen molar-refractivity contribution in [1.82, 2.24) is 4.98 Å². The van der Waals surface area contributed by atoms with Crippen molar-refractivity contribution in [3.05, 3.63) is 41.6 Å². The van der Waals surface area contributed by atoms with Crippen molar-refractivity contribution in [2.45, 2.75) is 0 Å². The Morgan fingerprint density at radius 1 is 1.28 bits per heavy atom. The molecule has 0 radical (unpaired) electrons. The van der Waals surface area contributed by atoms with E-state index in [4.69, 9.17) is 34.8 Å². The molecule has 0 atom stereocenters. The number of pyridine rings is 1. The van der Waals surface area contributed by atoms with Crippen LogP contribution in [-0.2, 0) is 0 Å². The maximum Gasteiger partial charge on any atom is 0.327 e. The molecule has 0 aliphatic heterocycles. The smallest absolute Gasteiger partial charge is 0.327 e. The van der Waals surface area contributed by atoms with E-state index in [0.29, 0.717) is 0 Å². The maximum atomic E-state index is 11.3. The second-order valence-electron chi connectivity index (χ2n) is 3.32. The molecule has 0 unspecified atom stereocenters.